The largest absolute Gasteiger partial charge is 0.494 e. The first-order valence-electron chi connectivity index (χ1n) is 20.6. The molecule has 0 bridgehead atoms. The fourth-order valence-electron chi connectivity index (χ4n) is 5.84. The van der Waals surface area contributed by atoms with E-state index in [4.69, 9.17) is 18.9 Å². The van der Waals surface area contributed by atoms with E-state index >= 15 is 0 Å². The van der Waals surface area contributed by atoms with Crippen molar-refractivity contribution in [2.75, 3.05) is 26.3 Å². The summed E-state index contributed by atoms with van der Waals surface area (Å²) in [6.45, 7) is 7.32. The molecule has 0 saturated heterocycles. The van der Waals surface area contributed by atoms with Gasteiger partial charge in [-0.05, 0) is 134 Å². The molecule has 0 atom stereocenters. The molecule has 0 aliphatic heterocycles. The predicted octanol–water partition coefficient (Wildman–Crippen LogP) is 11.9. The van der Waals surface area contributed by atoms with Gasteiger partial charge in [0.15, 0.2) is 0 Å². The van der Waals surface area contributed by atoms with Crippen molar-refractivity contribution >= 4 is 24.4 Å². The molecule has 4 aromatic rings. The lowest BCUT2D eigenvalue weighted by Crippen LogP contribution is -2.08. The number of hydrogen-bond acceptors (Lipinski definition) is 8. The van der Waals surface area contributed by atoms with Crippen molar-refractivity contribution in [1.82, 2.24) is 0 Å². The highest BCUT2D eigenvalue weighted by Gasteiger charge is 2.10. The summed E-state index contributed by atoms with van der Waals surface area (Å²) in [5.74, 6) is 1.75. The van der Waals surface area contributed by atoms with E-state index in [1.165, 1.54) is 38.5 Å². The van der Waals surface area contributed by atoms with Crippen LogP contribution in [-0.4, -0.2) is 50.7 Å². The van der Waals surface area contributed by atoms with Crippen molar-refractivity contribution in [2.45, 2.75) is 104 Å². The molecular formula is C48H60N2O6. The molecule has 0 aliphatic carbocycles. The van der Waals surface area contributed by atoms with E-state index in [-0.39, 0.29) is 0 Å². The van der Waals surface area contributed by atoms with Gasteiger partial charge < -0.3 is 18.9 Å². The van der Waals surface area contributed by atoms with Crippen molar-refractivity contribution in [2.24, 2.45) is 9.98 Å². The van der Waals surface area contributed by atoms with E-state index in [0.29, 0.717) is 35.8 Å². The molecule has 0 amide bonds. The molecule has 4 rings (SSSR count). The molecule has 0 saturated carbocycles. The van der Waals surface area contributed by atoms with Crippen molar-refractivity contribution in [3.05, 3.63) is 119 Å². The second kappa shape index (κ2) is 26.5. The number of benzene rings is 4. The van der Waals surface area contributed by atoms with Crippen LogP contribution >= 0.6 is 0 Å². The van der Waals surface area contributed by atoms with E-state index in [2.05, 4.69) is 23.8 Å². The molecule has 0 radical (unpaired) electrons. The Morgan fingerprint density at radius 1 is 0.429 bits per heavy atom. The van der Waals surface area contributed by atoms with Crippen LogP contribution in [0, 0.1) is 0 Å². The van der Waals surface area contributed by atoms with Crippen LogP contribution in [0.15, 0.2) is 107 Å². The molecule has 0 heterocycles. The van der Waals surface area contributed by atoms with Crippen molar-refractivity contribution in [3.63, 3.8) is 0 Å². The smallest absolute Gasteiger partial charge is 0.343 e. The van der Waals surface area contributed by atoms with E-state index in [0.717, 1.165) is 87.1 Å². The van der Waals surface area contributed by atoms with Crippen LogP contribution in [0.2, 0.25) is 0 Å². The van der Waals surface area contributed by atoms with Gasteiger partial charge in [0.25, 0.3) is 0 Å². The molecule has 0 aliphatic rings. The molecule has 56 heavy (non-hydrogen) atoms. The lowest BCUT2D eigenvalue weighted by Gasteiger charge is -2.07. The number of ether oxygens (including phenoxy) is 4. The maximum absolute atomic E-state index is 12.5. The maximum atomic E-state index is 12.5. The Bertz CT molecular complexity index is 1600. The van der Waals surface area contributed by atoms with Crippen LogP contribution in [0.3, 0.4) is 0 Å². The molecule has 0 unspecified atom stereocenters. The first-order chi connectivity index (χ1) is 27.5. The van der Waals surface area contributed by atoms with Crippen molar-refractivity contribution < 1.29 is 28.5 Å². The summed E-state index contributed by atoms with van der Waals surface area (Å²) >= 11 is 0. The monoisotopic (exact) mass is 760 g/mol. The number of hydrogen-bond donors (Lipinski definition) is 0. The normalized spacial score (nSPS) is 11.2. The number of unbranched alkanes of at least 4 members (excludes halogenated alkanes) is 11. The van der Waals surface area contributed by atoms with Gasteiger partial charge in [0.1, 0.15) is 23.0 Å². The van der Waals surface area contributed by atoms with E-state index < -0.39 is 11.9 Å². The fourth-order valence-corrected chi connectivity index (χ4v) is 5.84. The lowest BCUT2D eigenvalue weighted by atomic mass is 10.1. The standard InChI is InChI=1S/C48H60N2O6/c1-3-5-15-35-53-43-29-21-41(22-30-43)47(51)55-45-25-17-39(18-26-45)37-49-33-13-11-9-7-8-10-12-14-34-50-38-40-19-27-46(28-20-40)56-48(52)42-23-31-44(32-24-42)54-36-16-6-4-2/h17-32,37-38H,3-16,33-36H2,1-2H3. The summed E-state index contributed by atoms with van der Waals surface area (Å²) in [4.78, 5) is 34.2. The molecule has 0 spiro atoms. The van der Waals surface area contributed by atoms with Gasteiger partial charge in [-0.15, -0.1) is 0 Å². The first kappa shape index (κ1) is 43.5. The average Bonchev–Trinajstić information content (AvgIpc) is 3.23. The molecule has 8 heteroatoms. The Morgan fingerprint density at radius 2 is 0.768 bits per heavy atom. The zero-order chi connectivity index (χ0) is 39.5. The fraction of sp³-hybridized carbons (Fsp3) is 0.417. The van der Waals surface area contributed by atoms with Gasteiger partial charge in [-0.1, -0.05) is 78.1 Å². The zero-order valence-corrected chi connectivity index (χ0v) is 33.5. The minimum atomic E-state index is -0.391. The Kier molecular flexibility index (Phi) is 20.6. The number of carbonyl (C=O) groups is 2. The van der Waals surface area contributed by atoms with Gasteiger partial charge >= 0.3 is 11.9 Å². The van der Waals surface area contributed by atoms with Gasteiger partial charge in [0.2, 0.25) is 0 Å². The molecular weight excluding hydrogens is 701 g/mol. The SMILES string of the molecule is CCCCCOc1ccc(C(=O)Oc2ccc(C=NCCCCCCCCCCN=Cc3ccc(OC(=O)c4ccc(OCCCCC)cc4)cc3)cc2)cc1. The van der Waals surface area contributed by atoms with E-state index in [9.17, 15) is 9.59 Å². The van der Waals surface area contributed by atoms with Crippen LogP contribution in [0.25, 0.3) is 0 Å². The summed E-state index contributed by atoms with van der Waals surface area (Å²) in [5.41, 5.74) is 2.94. The number of nitrogens with zero attached hydrogens (tertiary/aromatic N) is 2. The highest BCUT2D eigenvalue weighted by molar-refractivity contribution is 5.92. The van der Waals surface area contributed by atoms with Crippen LogP contribution in [0.5, 0.6) is 23.0 Å². The predicted molar refractivity (Wildman–Crippen MR) is 228 cm³/mol. The highest BCUT2D eigenvalue weighted by atomic mass is 16.5. The van der Waals surface area contributed by atoms with E-state index in [1.807, 2.05) is 61.0 Å². The third-order valence-corrected chi connectivity index (χ3v) is 9.20. The molecule has 0 fully saturated rings. The Hall–Kier alpha value is -5.24. The Balaban J connectivity index is 0.978. The average molecular weight is 761 g/mol. The zero-order valence-electron chi connectivity index (χ0n) is 33.5. The van der Waals surface area contributed by atoms with Crippen LogP contribution in [0.4, 0.5) is 0 Å². The van der Waals surface area contributed by atoms with Crippen molar-refractivity contribution in [1.29, 1.82) is 0 Å². The number of carbonyl (C=O) groups excluding carboxylic acids is 2. The Morgan fingerprint density at radius 3 is 1.12 bits per heavy atom. The highest BCUT2D eigenvalue weighted by Crippen LogP contribution is 2.19. The van der Waals surface area contributed by atoms with Crippen LogP contribution in [0.1, 0.15) is 136 Å². The minimum Gasteiger partial charge on any atom is -0.494 e. The van der Waals surface area contributed by atoms with Crippen molar-refractivity contribution in [3.8, 4) is 23.0 Å². The van der Waals surface area contributed by atoms with Crippen LogP contribution in [-0.2, 0) is 0 Å². The van der Waals surface area contributed by atoms with Gasteiger partial charge in [0.05, 0.1) is 24.3 Å². The van der Waals surface area contributed by atoms with Gasteiger partial charge in [-0.25, -0.2) is 9.59 Å². The quantitative estimate of drug-likeness (QED) is 0.0260. The second-order valence-electron chi connectivity index (χ2n) is 14.0. The summed E-state index contributed by atoms with van der Waals surface area (Å²) < 4.78 is 22.5. The first-order valence-corrected chi connectivity index (χ1v) is 20.6. The lowest BCUT2D eigenvalue weighted by molar-refractivity contribution is 0.0725. The minimum absolute atomic E-state index is 0.391. The molecule has 298 valence electrons. The number of esters is 2. The third-order valence-electron chi connectivity index (χ3n) is 9.20. The molecule has 0 aromatic heterocycles. The summed E-state index contributed by atoms with van der Waals surface area (Å²) in [6, 6.07) is 29.0. The van der Waals surface area contributed by atoms with Gasteiger partial charge in [0, 0.05) is 25.5 Å². The molecule has 0 N–H and O–H groups in total. The molecule has 8 nitrogen and oxygen atoms in total. The topological polar surface area (TPSA) is 95.8 Å². The molecule has 4 aromatic carbocycles. The number of rotatable bonds is 27. The van der Waals surface area contributed by atoms with Gasteiger partial charge in [-0.3, -0.25) is 9.98 Å². The number of aliphatic imine (C=N–C) groups is 2. The Labute approximate surface area is 334 Å². The summed E-state index contributed by atoms with van der Waals surface area (Å²) in [6.07, 6.45) is 19.9. The van der Waals surface area contributed by atoms with Crippen LogP contribution < -0.4 is 18.9 Å². The second-order valence-corrected chi connectivity index (χ2v) is 14.0. The van der Waals surface area contributed by atoms with Gasteiger partial charge in [-0.2, -0.15) is 0 Å². The third kappa shape index (κ3) is 17.5. The summed E-state index contributed by atoms with van der Waals surface area (Å²) in [7, 11) is 0. The maximum Gasteiger partial charge on any atom is 0.343 e. The van der Waals surface area contributed by atoms with E-state index in [1.54, 1.807) is 48.5 Å². The summed E-state index contributed by atoms with van der Waals surface area (Å²) in [5, 5.41) is 0.